The summed E-state index contributed by atoms with van der Waals surface area (Å²) in [6.07, 6.45) is 5.84. The summed E-state index contributed by atoms with van der Waals surface area (Å²) in [5.41, 5.74) is 2.49. The van der Waals surface area contributed by atoms with Gasteiger partial charge in [0.25, 0.3) is 5.91 Å². The van der Waals surface area contributed by atoms with Crippen LogP contribution in [0.2, 0.25) is 0 Å². The van der Waals surface area contributed by atoms with E-state index in [9.17, 15) is 4.79 Å². The van der Waals surface area contributed by atoms with Crippen LogP contribution < -0.4 is 5.32 Å². The highest BCUT2D eigenvalue weighted by Gasteiger charge is 2.30. The summed E-state index contributed by atoms with van der Waals surface area (Å²) in [5.74, 6) is 0.678. The van der Waals surface area contributed by atoms with Crippen molar-refractivity contribution in [1.82, 2.24) is 25.5 Å². The summed E-state index contributed by atoms with van der Waals surface area (Å²) < 4.78 is 5.62. The minimum absolute atomic E-state index is 0.0292. The van der Waals surface area contributed by atoms with Crippen LogP contribution in [0.25, 0.3) is 11.4 Å². The Morgan fingerprint density at radius 2 is 2.04 bits per heavy atom. The number of ether oxygens (including phenoxy) is 1. The number of benzene rings is 1. The molecular formula is C19H19N5O2. The van der Waals surface area contributed by atoms with E-state index in [2.05, 4.69) is 25.5 Å². The van der Waals surface area contributed by atoms with Crippen LogP contribution in [-0.2, 0) is 11.2 Å². The van der Waals surface area contributed by atoms with Gasteiger partial charge in [-0.05, 0) is 30.2 Å². The maximum Gasteiger partial charge on any atom is 0.252 e. The SMILES string of the molecule is O=C(N[C@H]1COC[C@H]1Cc1ccncc1)c1ccccc1-c1ncn[nH]1. The molecule has 26 heavy (non-hydrogen) atoms. The van der Waals surface area contributed by atoms with Crippen LogP contribution in [0.1, 0.15) is 15.9 Å². The van der Waals surface area contributed by atoms with Crippen LogP contribution in [-0.4, -0.2) is 45.3 Å². The lowest BCUT2D eigenvalue weighted by Crippen LogP contribution is -2.40. The Morgan fingerprint density at radius 1 is 1.19 bits per heavy atom. The summed E-state index contributed by atoms with van der Waals surface area (Å²) in [6.45, 7) is 1.16. The van der Waals surface area contributed by atoms with Crippen LogP contribution in [0, 0.1) is 5.92 Å². The average Bonchev–Trinajstić information content (AvgIpc) is 3.35. The second-order valence-corrected chi connectivity index (χ2v) is 6.32. The molecule has 1 amide bonds. The number of carbonyl (C=O) groups excluding carboxylic acids is 1. The molecule has 0 radical (unpaired) electrons. The predicted octanol–water partition coefficient (Wildman–Crippen LogP) is 1.85. The molecule has 1 aliphatic rings. The van der Waals surface area contributed by atoms with E-state index in [4.69, 9.17) is 4.74 Å². The molecule has 1 saturated heterocycles. The fraction of sp³-hybridized carbons (Fsp3) is 0.263. The molecule has 1 aliphatic heterocycles. The van der Waals surface area contributed by atoms with Gasteiger partial charge in [-0.25, -0.2) is 4.98 Å². The largest absolute Gasteiger partial charge is 0.379 e. The lowest BCUT2D eigenvalue weighted by Gasteiger charge is -2.20. The minimum Gasteiger partial charge on any atom is -0.379 e. The third-order valence-electron chi connectivity index (χ3n) is 4.60. The van der Waals surface area contributed by atoms with E-state index in [1.54, 1.807) is 18.5 Å². The third kappa shape index (κ3) is 3.48. The Morgan fingerprint density at radius 3 is 2.85 bits per heavy atom. The average molecular weight is 349 g/mol. The van der Waals surface area contributed by atoms with Crippen LogP contribution in [0.15, 0.2) is 55.1 Å². The molecule has 1 fully saturated rings. The molecule has 0 spiro atoms. The summed E-state index contributed by atoms with van der Waals surface area (Å²) in [7, 11) is 0. The monoisotopic (exact) mass is 349 g/mol. The zero-order valence-corrected chi connectivity index (χ0v) is 14.1. The molecule has 0 aliphatic carbocycles. The number of aromatic amines is 1. The van der Waals surface area contributed by atoms with Crippen molar-refractivity contribution in [3.63, 3.8) is 0 Å². The molecule has 3 heterocycles. The number of pyridine rings is 1. The highest BCUT2D eigenvalue weighted by Crippen LogP contribution is 2.22. The number of hydrogen-bond donors (Lipinski definition) is 2. The van der Waals surface area contributed by atoms with Crippen molar-refractivity contribution in [1.29, 1.82) is 0 Å². The van der Waals surface area contributed by atoms with Gasteiger partial charge in [0, 0.05) is 23.9 Å². The zero-order chi connectivity index (χ0) is 17.8. The molecule has 3 aromatic rings. The highest BCUT2D eigenvalue weighted by molar-refractivity contribution is 6.00. The number of hydrogen-bond acceptors (Lipinski definition) is 5. The van der Waals surface area contributed by atoms with E-state index in [1.807, 2.05) is 30.3 Å². The van der Waals surface area contributed by atoms with Crippen LogP contribution in [0.4, 0.5) is 0 Å². The molecule has 0 saturated carbocycles. The molecule has 2 N–H and O–H groups in total. The number of aromatic nitrogens is 4. The Hall–Kier alpha value is -3.06. The van der Waals surface area contributed by atoms with Crippen molar-refractivity contribution >= 4 is 5.91 Å². The van der Waals surface area contributed by atoms with E-state index in [0.29, 0.717) is 24.6 Å². The normalized spacial score (nSPS) is 19.4. The van der Waals surface area contributed by atoms with Gasteiger partial charge in [0.15, 0.2) is 5.82 Å². The quantitative estimate of drug-likeness (QED) is 0.733. The van der Waals surface area contributed by atoms with E-state index < -0.39 is 0 Å². The smallest absolute Gasteiger partial charge is 0.252 e. The van der Waals surface area contributed by atoms with Gasteiger partial charge in [-0.1, -0.05) is 18.2 Å². The molecule has 7 nitrogen and oxygen atoms in total. The Balaban J connectivity index is 1.50. The van der Waals surface area contributed by atoms with E-state index >= 15 is 0 Å². The van der Waals surface area contributed by atoms with Crippen molar-refractivity contribution in [2.24, 2.45) is 5.92 Å². The Labute approximate surface area is 150 Å². The van der Waals surface area contributed by atoms with Gasteiger partial charge in [-0.15, -0.1) is 0 Å². The minimum atomic E-state index is -0.132. The first-order chi connectivity index (χ1) is 12.8. The van der Waals surface area contributed by atoms with Gasteiger partial charge in [-0.2, -0.15) is 5.10 Å². The fourth-order valence-electron chi connectivity index (χ4n) is 3.25. The second-order valence-electron chi connectivity index (χ2n) is 6.32. The molecule has 0 unspecified atom stereocenters. The van der Waals surface area contributed by atoms with Gasteiger partial charge in [0.1, 0.15) is 6.33 Å². The number of carbonyl (C=O) groups is 1. The first kappa shape index (κ1) is 16.4. The molecule has 4 rings (SSSR count). The molecular weight excluding hydrogens is 330 g/mol. The third-order valence-corrected chi connectivity index (χ3v) is 4.60. The molecule has 7 heteroatoms. The summed E-state index contributed by atoms with van der Waals surface area (Å²) in [6, 6.07) is 11.3. The Kier molecular flexibility index (Phi) is 4.70. The van der Waals surface area contributed by atoms with Crippen molar-refractivity contribution < 1.29 is 9.53 Å². The van der Waals surface area contributed by atoms with Gasteiger partial charge in [0.05, 0.1) is 24.8 Å². The number of amides is 1. The molecule has 0 bridgehead atoms. The van der Waals surface area contributed by atoms with Gasteiger partial charge >= 0.3 is 0 Å². The van der Waals surface area contributed by atoms with E-state index in [1.165, 1.54) is 11.9 Å². The van der Waals surface area contributed by atoms with Crippen molar-refractivity contribution in [3.05, 3.63) is 66.2 Å². The van der Waals surface area contributed by atoms with Crippen molar-refractivity contribution in [2.75, 3.05) is 13.2 Å². The van der Waals surface area contributed by atoms with Crippen molar-refractivity contribution in [3.8, 4) is 11.4 Å². The first-order valence-electron chi connectivity index (χ1n) is 8.53. The van der Waals surface area contributed by atoms with Gasteiger partial charge < -0.3 is 10.1 Å². The first-order valence-corrected chi connectivity index (χ1v) is 8.53. The number of nitrogens with one attached hydrogen (secondary N) is 2. The van der Waals surface area contributed by atoms with Gasteiger partial charge in [0.2, 0.25) is 0 Å². The van der Waals surface area contributed by atoms with Gasteiger partial charge in [-0.3, -0.25) is 14.9 Å². The summed E-state index contributed by atoms with van der Waals surface area (Å²) in [5, 5.41) is 9.81. The lowest BCUT2D eigenvalue weighted by molar-refractivity contribution is 0.0925. The summed E-state index contributed by atoms with van der Waals surface area (Å²) in [4.78, 5) is 21.1. The lowest BCUT2D eigenvalue weighted by atomic mass is 9.95. The molecule has 1 aromatic carbocycles. The van der Waals surface area contributed by atoms with Crippen molar-refractivity contribution in [2.45, 2.75) is 12.5 Å². The predicted molar refractivity (Wildman–Crippen MR) is 95.3 cm³/mol. The standard InChI is InChI=1S/C19H19N5O2/c25-19(16-4-2-1-3-15(16)18-21-12-22-24-18)23-17-11-26-10-14(17)9-13-5-7-20-8-6-13/h1-8,12,14,17H,9-11H2,(H,23,25)(H,21,22,24)/t14-,17+/m1/s1. The fourth-order valence-corrected chi connectivity index (χ4v) is 3.25. The zero-order valence-electron chi connectivity index (χ0n) is 14.1. The maximum atomic E-state index is 12.9. The van der Waals surface area contributed by atoms with E-state index in [0.717, 1.165) is 12.0 Å². The van der Waals surface area contributed by atoms with Crippen LogP contribution in [0.3, 0.4) is 0 Å². The highest BCUT2D eigenvalue weighted by atomic mass is 16.5. The molecule has 132 valence electrons. The number of H-pyrrole nitrogens is 1. The van der Waals surface area contributed by atoms with Crippen LogP contribution in [0.5, 0.6) is 0 Å². The second kappa shape index (κ2) is 7.45. The summed E-state index contributed by atoms with van der Waals surface area (Å²) >= 11 is 0. The molecule has 2 aromatic heterocycles. The molecule has 2 atom stereocenters. The Bertz CT molecular complexity index is 867. The number of nitrogens with zero attached hydrogens (tertiary/aromatic N) is 3. The van der Waals surface area contributed by atoms with E-state index in [-0.39, 0.29) is 17.9 Å². The maximum absolute atomic E-state index is 12.9. The topological polar surface area (TPSA) is 92.8 Å². The number of rotatable bonds is 5. The van der Waals surface area contributed by atoms with Crippen LogP contribution >= 0.6 is 0 Å².